The molecule has 0 spiro atoms. The van der Waals surface area contributed by atoms with E-state index in [2.05, 4.69) is 35.1 Å². The first-order valence-electron chi connectivity index (χ1n) is 5.97. The Hall–Kier alpha value is -0.830. The van der Waals surface area contributed by atoms with Gasteiger partial charge in [-0.3, -0.25) is 4.79 Å². The highest BCUT2D eigenvalue weighted by molar-refractivity contribution is 9.10. The summed E-state index contributed by atoms with van der Waals surface area (Å²) in [6.45, 7) is 8.34. The molecular weight excluding hydrogens is 278 g/mol. The zero-order valence-electron chi connectivity index (χ0n) is 10.9. The van der Waals surface area contributed by atoms with Crippen molar-refractivity contribution in [2.75, 3.05) is 0 Å². The van der Waals surface area contributed by atoms with Crippen LogP contribution in [0.25, 0.3) is 0 Å². The van der Waals surface area contributed by atoms with Crippen LogP contribution in [0.15, 0.2) is 22.7 Å². The summed E-state index contributed by atoms with van der Waals surface area (Å²) in [5.74, 6) is 0.583. The fourth-order valence-electron chi connectivity index (χ4n) is 1.89. The Morgan fingerprint density at radius 1 is 1.35 bits per heavy atom. The number of halogens is 1. The second-order valence-corrected chi connectivity index (χ2v) is 5.73. The molecule has 0 aromatic heterocycles. The third-order valence-corrected chi connectivity index (χ3v) is 3.69. The maximum absolute atomic E-state index is 12.1. The number of aryl methyl sites for hydroxylation is 1. The zero-order chi connectivity index (χ0) is 13.0. The molecule has 0 aliphatic carbocycles. The average Bonchev–Trinajstić information content (AvgIpc) is 2.20. The summed E-state index contributed by atoms with van der Waals surface area (Å²) in [6, 6.07) is 5.93. The lowest BCUT2D eigenvalue weighted by Gasteiger charge is -2.16. The van der Waals surface area contributed by atoms with Gasteiger partial charge >= 0.3 is 0 Å². The van der Waals surface area contributed by atoms with Gasteiger partial charge in [-0.2, -0.15) is 0 Å². The van der Waals surface area contributed by atoms with Crippen LogP contribution in [0.4, 0.5) is 0 Å². The Morgan fingerprint density at radius 2 is 2.00 bits per heavy atom. The summed E-state index contributed by atoms with van der Waals surface area (Å²) < 4.78 is 0.884. The molecular formula is C14H20BrNO. The minimum Gasteiger partial charge on any atom is -0.350 e. The monoisotopic (exact) mass is 297 g/mol. The zero-order valence-corrected chi connectivity index (χ0v) is 12.5. The molecule has 1 unspecified atom stereocenters. The van der Waals surface area contributed by atoms with Gasteiger partial charge < -0.3 is 5.32 Å². The predicted octanol–water partition coefficient (Wildman–Crippen LogP) is 3.92. The molecule has 0 fully saturated rings. The van der Waals surface area contributed by atoms with Crippen molar-refractivity contribution in [3.8, 4) is 0 Å². The molecule has 2 nitrogen and oxygen atoms in total. The van der Waals surface area contributed by atoms with Gasteiger partial charge in [-0.1, -0.05) is 26.0 Å². The second-order valence-electron chi connectivity index (χ2n) is 4.94. The number of carbonyl (C=O) groups is 1. The van der Waals surface area contributed by atoms with Gasteiger partial charge in [-0.15, -0.1) is 0 Å². The molecule has 0 radical (unpaired) electrons. The van der Waals surface area contributed by atoms with E-state index in [1.54, 1.807) is 0 Å². The molecule has 1 aromatic rings. The van der Waals surface area contributed by atoms with E-state index in [1.807, 2.05) is 32.0 Å². The first kappa shape index (κ1) is 14.2. The molecule has 1 amide bonds. The average molecular weight is 298 g/mol. The van der Waals surface area contributed by atoms with Crippen LogP contribution in [0.1, 0.15) is 43.1 Å². The van der Waals surface area contributed by atoms with Gasteiger partial charge in [-0.25, -0.2) is 0 Å². The first-order valence-corrected chi connectivity index (χ1v) is 6.77. The molecule has 0 aliphatic heterocycles. The van der Waals surface area contributed by atoms with Crippen molar-refractivity contribution in [1.29, 1.82) is 0 Å². The highest BCUT2D eigenvalue weighted by Crippen LogP contribution is 2.21. The van der Waals surface area contributed by atoms with E-state index >= 15 is 0 Å². The smallest absolute Gasteiger partial charge is 0.252 e. The summed E-state index contributed by atoms with van der Waals surface area (Å²) in [7, 11) is 0. The fraction of sp³-hybridized carbons (Fsp3) is 0.500. The lowest BCUT2D eigenvalue weighted by Crippen LogP contribution is -2.33. The van der Waals surface area contributed by atoms with Gasteiger partial charge in [0.2, 0.25) is 0 Å². The maximum Gasteiger partial charge on any atom is 0.252 e. The summed E-state index contributed by atoms with van der Waals surface area (Å²) >= 11 is 3.46. The van der Waals surface area contributed by atoms with Crippen molar-refractivity contribution < 1.29 is 4.79 Å². The Morgan fingerprint density at radius 3 is 2.59 bits per heavy atom. The van der Waals surface area contributed by atoms with E-state index in [-0.39, 0.29) is 11.9 Å². The van der Waals surface area contributed by atoms with Crippen LogP contribution in [-0.2, 0) is 0 Å². The molecule has 0 heterocycles. The molecule has 1 N–H and O–H groups in total. The van der Waals surface area contributed by atoms with Crippen molar-refractivity contribution in [3.05, 3.63) is 33.8 Å². The van der Waals surface area contributed by atoms with E-state index in [0.717, 1.165) is 16.5 Å². The van der Waals surface area contributed by atoms with Crippen LogP contribution >= 0.6 is 15.9 Å². The highest BCUT2D eigenvalue weighted by Gasteiger charge is 2.14. The largest absolute Gasteiger partial charge is 0.350 e. The molecule has 0 bridgehead atoms. The minimum absolute atomic E-state index is 0.00581. The molecule has 94 valence electrons. The molecule has 1 atom stereocenters. The number of hydrogen-bond acceptors (Lipinski definition) is 1. The molecule has 0 aliphatic rings. The lowest BCUT2D eigenvalue weighted by atomic mass is 10.0. The minimum atomic E-state index is -0.00581. The first-order chi connectivity index (χ1) is 7.91. The van der Waals surface area contributed by atoms with Crippen molar-refractivity contribution in [3.63, 3.8) is 0 Å². The Bertz CT molecular complexity index is 401. The summed E-state index contributed by atoms with van der Waals surface area (Å²) in [5.41, 5.74) is 1.79. The maximum atomic E-state index is 12.1. The van der Waals surface area contributed by atoms with Crippen LogP contribution in [0.3, 0.4) is 0 Å². The van der Waals surface area contributed by atoms with E-state index in [9.17, 15) is 4.79 Å². The number of amides is 1. The summed E-state index contributed by atoms with van der Waals surface area (Å²) in [5, 5.41) is 3.03. The number of rotatable bonds is 4. The number of benzene rings is 1. The topological polar surface area (TPSA) is 29.1 Å². The Balaban J connectivity index is 2.73. The summed E-state index contributed by atoms with van der Waals surface area (Å²) in [6.07, 6.45) is 0.995. The Kier molecular flexibility index (Phi) is 5.19. The van der Waals surface area contributed by atoms with Gasteiger partial charge in [0, 0.05) is 10.5 Å². The lowest BCUT2D eigenvalue weighted by molar-refractivity contribution is 0.0935. The molecule has 3 heteroatoms. The van der Waals surface area contributed by atoms with Gasteiger partial charge in [0.15, 0.2) is 0 Å². The normalized spacial score (nSPS) is 12.6. The van der Waals surface area contributed by atoms with Crippen molar-refractivity contribution >= 4 is 21.8 Å². The Labute approximate surface area is 112 Å². The van der Waals surface area contributed by atoms with Crippen LogP contribution < -0.4 is 5.32 Å². The van der Waals surface area contributed by atoms with E-state index in [0.29, 0.717) is 11.5 Å². The second kappa shape index (κ2) is 6.20. The predicted molar refractivity (Wildman–Crippen MR) is 75.3 cm³/mol. The molecule has 0 saturated carbocycles. The van der Waals surface area contributed by atoms with Gasteiger partial charge in [-0.05, 0) is 53.7 Å². The summed E-state index contributed by atoms with van der Waals surface area (Å²) in [4.78, 5) is 12.1. The van der Waals surface area contributed by atoms with Crippen LogP contribution in [0.5, 0.6) is 0 Å². The standard InChI is InChI=1S/C14H20BrNO/c1-9(2)8-11(4)16-14(17)12-7-5-6-10(3)13(12)15/h5-7,9,11H,8H2,1-4H3,(H,16,17). The fourth-order valence-corrected chi connectivity index (χ4v) is 2.33. The van der Waals surface area contributed by atoms with Gasteiger partial charge in [0.1, 0.15) is 0 Å². The SMILES string of the molecule is Cc1cccc(C(=O)NC(C)CC(C)C)c1Br. The van der Waals surface area contributed by atoms with Crippen LogP contribution in [0.2, 0.25) is 0 Å². The number of carbonyl (C=O) groups excluding carboxylic acids is 1. The van der Waals surface area contributed by atoms with Crippen LogP contribution in [0, 0.1) is 12.8 Å². The van der Waals surface area contributed by atoms with Crippen molar-refractivity contribution in [1.82, 2.24) is 5.32 Å². The van der Waals surface area contributed by atoms with Gasteiger partial charge in [0.25, 0.3) is 5.91 Å². The van der Waals surface area contributed by atoms with Crippen LogP contribution in [-0.4, -0.2) is 11.9 Å². The van der Waals surface area contributed by atoms with E-state index < -0.39 is 0 Å². The third kappa shape index (κ3) is 4.15. The molecule has 1 aromatic carbocycles. The van der Waals surface area contributed by atoms with Gasteiger partial charge in [0.05, 0.1) is 5.56 Å². The molecule has 17 heavy (non-hydrogen) atoms. The highest BCUT2D eigenvalue weighted by atomic mass is 79.9. The van der Waals surface area contributed by atoms with Crippen molar-refractivity contribution in [2.45, 2.75) is 40.2 Å². The number of hydrogen-bond donors (Lipinski definition) is 1. The third-order valence-electron chi connectivity index (χ3n) is 2.64. The van der Waals surface area contributed by atoms with E-state index in [4.69, 9.17) is 0 Å². The van der Waals surface area contributed by atoms with E-state index in [1.165, 1.54) is 0 Å². The van der Waals surface area contributed by atoms with Crippen molar-refractivity contribution in [2.24, 2.45) is 5.92 Å². The number of nitrogens with one attached hydrogen (secondary N) is 1. The quantitative estimate of drug-likeness (QED) is 0.896. The molecule has 0 saturated heterocycles. The molecule has 1 rings (SSSR count).